The fourth-order valence-electron chi connectivity index (χ4n) is 0.204. The van der Waals surface area contributed by atoms with E-state index in [2.05, 4.69) is 0 Å². The second-order valence-corrected chi connectivity index (χ2v) is 3.92. The molecule has 42 valence electrons. The minimum Gasteiger partial charge on any atom is -0.532 e. The maximum atomic E-state index is 4.90. The first-order chi connectivity index (χ1) is 3.41. The van der Waals surface area contributed by atoms with Gasteiger partial charge in [-0.1, -0.05) is 6.08 Å². The smallest absolute Gasteiger partial charge is 0.354 e. The van der Waals surface area contributed by atoms with E-state index in [4.69, 9.17) is 8.54 Å². The molecule has 0 aromatic carbocycles. The van der Waals surface area contributed by atoms with Crippen molar-refractivity contribution in [3.8, 4) is 0 Å². The lowest BCUT2D eigenvalue weighted by atomic mass is 10.8. The molecule has 0 saturated heterocycles. The lowest BCUT2D eigenvalue weighted by Crippen LogP contribution is -1.95. The Balaban J connectivity index is 2.69. The summed E-state index contributed by atoms with van der Waals surface area (Å²) in [5.74, 6) is 0. The van der Waals surface area contributed by atoms with Gasteiger partial charge in [0.25, 0.3) is 0 Å². The summed E-state index contributed by atoms with van der Waals surface area (Å²) in [7, 11) is 0.194. The van der Waals surface area contributed by atoms with Crippen molar-refractivity contribution >= 4 is 20.5 Å². The van der Waals surface area contributed by atoms with Crippen molar-refractivity contribution in [2.45, 2.75) is 6.92 Å². The van der Waals surface area contributed by atoms with Gasteiger partial charge in [-0.3, -0.25) is 0 Å². The normalized spacial score (nSPS) is 12.1. The van der Waals surface area contributed by atoms with Crippen LogP contribution in [0.2, 0.25) is 0 Å². The Hall–Kier alpha value is -0.0662. The molecule has 0 N–H and O–H groups in total. The molecular weight excluding hydrogens is 124 g/mol. The van der Waals surface area contributed by atoms with Crippen LogP contribution in [0.15, 0.2) is 12.3 Å². The van der Waals surface area contributed by atoms with Gasteiger partial charge >= 0.3 is 10.0 Å². The van der Waals surface area contributed by atoms with Crippen molar-refractivity contribution in [3.05, 3.63) is 12.3 Å². The van der Waals surface area contributed by atoms with Crippen LogP contribution >= 0.6 is 0 Å². The van der Waals surface area contributed by atoms with Crippen molar-refractivity contribution in [1.29, 1.82) is 0 Å². The third-order valence-corrected chi connectivity index (χ3v) is 1.69. The Kier molecular flexibility index (Phi) is 5.88. The molecule has 0 spiro atoms. The molecule has 4 heteroatoms. The highest BCUT2D eigenvalue weighted by atomic mass is 28.3. The van der Waals surface area contributed by atoms with Gasteiger partial charge in [-0.25, -0.2) is 0 Å². The van der Waals surface area contributed by atoms with Gasteiger partial charge in [0.2, 0.25) is 0 Å². The zero-order valence-electron chi connectivity index (χ0n) is 4.68. The Bertz CT molecular complexity index is 54.9. The second kappa shape index (κ2) is 5.93. The highest BCUT2D eigenvalue weighted by Gasteiger charge is 1.71. The molecule has 0 aliphatic rings. The average Bonchev–Trinajstić information content (AvgIpc) is 1.69. The van der Waals surface area contributed by atoms with Gasteiger partial charge in [-0.2, -0.15) is 0 Å². The maximum Gasteiger partial charge on any atom is 0.354 e. The predicted octanol–water partition coefficient (Wildman–Crippen LogP) is -1.17. The topological polar surface area (TPSA) is 18.5 Å². The van der Waals surface area contributed by atoms with E-state index in [-0.39, 0.29) is 0 Å². The zero-order valence-corrected chi connectivity index (χ0v) is 8.09. The van der Waals surface area contributed by atoms with E-state index >= 15 is 0 Å². The van der Waals surface area contributed by atoms with Gasteiger partial charge in [0.15, 0.2) is 0 Å². The summed E-state index contributed by atoms with van der Waals surface area (Å²) >= 11 is 0. The summed E-state index contributed by atoms with van der Waals surface area (Å²) < 4.78 is 9.75. The quantitative estimate of drug-likeness (QED) is 0.275. The first kappa shape index (κ1) is 6.93. The second-order valence-electron chi connectivity index (χ2n) is 1.04. The van der Waals surface area contributed by atoms with Crippen LogP contribution < -0.4 is 0 Å². The van der Waals surface area contributed by atoms with Gasteiger partial charge in [-0.15, -0.1) is 0 Å². The molecule has 7 heavy (non-hydrogen) atoms. The van der Waals surface area contributed by atoms with Gasteiger partial charge < -0.3 is 8.54 Å². The van der Waals surface area contributed by atoms with Crippen LogP contribution in [0, 0.1) is 0 Å². The fraction of sp³-hybridized carbons (Fsp3) is 0.333. The molecule has 0 rings (SSSR count). The SMILES string of the molecule is CC=CO[SiH2]O[SiH3]. The van der Waals surface area contributed by atoms with Gasteiger partial charge in [0.05, 0.1) is 6.26 Å². The van der Waals surface area contributed by atoms with Crippen molar-refractivity contribution in [2.75, 3.05) is 0 Å². The van der Waals surface area contributed by atoms with Crippen LogP contribution in [-0.2, 0) is 8.54 Å². The fourth-order valence-corrected chi connectivity index (χ4v) is 1.02. The minimum atomic E-state index is -0.614. The van der Waals surface area contributed by atoms with Gasteiger partial charge in [-0.05, 0) is 6.92 Å². The van der Waals surface area contributed by atoms with Crippen molar-refractivity contribution in [1.82, 2.24) is 0 Å². The molecule has 0 radical (unpaired) electrons. The van der Waals surface area contributed by atoms with E-state index in [9.17, 15) is 0 Å². The standard InChI is InChI=1S/C3H10O2Si2/c1-2-3-4-7-5-6/h2-3H,7H2,1,6H3. The van der Waals surface area contributed by atoms with Crippen LogP contribution in [0.1, 0.15) is 6.92 Å². The Morgan fingerprint density at radius 1 is 1.71 bits per heavy atom. The molecule has 0 aromatic rings. The average molecular weight is 134 g/mol. The number of hydrogen-bond acceptors (Lipinski definition) is 2. The zero-order chi connectivity index (χ0) is 5.54. The lowest BCUT2D eigenvalue weighted by Gasteiger charge is -1.93. The molecule has 0 bridgehead atoms. The molecule has 0 unspecified atom stereocenters. The molecule has 0 amide bonds. The summed E-state index contributed by atoms with van der Waals surface area (Å²) in [6.07, 6.45) is 3.53. The van der Waals surface area contributed by atoms with E-state index in [1.165, 1.54) is 0 Å². The number of rotatable bonds is 3. The van der Waals surface area contributed by atoms with E-state index in [0.29, 0.717) is 0 Å². The Morgan fingerprint density at radius 3 is 2.86 bits per heavy atom. The molecule has 0 aliphatic carbocycles. The summed E-state index contributed by atoms with van der Waals surface area (Å²) in [6, 6.07) is 0. The van der Waals surface area contributed by atoms with E-state index in [1.807, 2.05) is 13.0 Å². The van der Waals surface area contributed by atoms with Crippen LogP contribution in [0.3, 0.4) is 0 Å². The maximum absolute atomic E-state index is 4.90. The molecular formula is C3H10O2Si2. The van der Waals surface area contributed by atoms with E-state index in [1.54, 1.807) is 6.26 Å². The first-order valence-electron chi connectivity index (χ1n) is 2.13. The van der Waals surface area contributed by atoms with E-state index < -0.39 is 10.0 Å². The number of allylic oxidation sites excluding steroid dienone is 1. The van der Waals surface area contributed by atoms with Crippen molar-refractivity contribution in [3.63, 3.8) is 0 Å². The Morgan fingerprint density at radius 2 is 2.43 bits per heavy atom. The van der Waals surface area contributed by atoms with Crippen LogP contribution in [0.25, 0.3) is 0 Å². The molecule has 0 atom stereocenters. The Labute approximate surface area is 49.1 Å². The first-order valence-corrected chi connectivity index (χ1v) is 4.10. The van der Waals surface area contributed by atoms with Gasteiger partial charge in [0, 0.05) is 0 Å². The molecule has 0 heterocycles. The molecule has 0 aromatic heterocycles. The highest BCUT2D eigenvalue weighted by Crippen LogP contribution is 1.71. The predicted molar refractivity (Wildman–Crippen MR) is 35.5 cm³/mol. The third kappa shape index (κ3) is 5.93. The monoisotopic (exact) mass is 134 g/mol. The highest BCUT2D eigenvalue weighted by molar-refractivity contribution is 6.27. The molecule has 0 saturated carbocycles. The summed E-state index contributed by atoms with van der Waals surface area (Å²) in [5.41, 5.74) is 0. The van der Waals surface area contributed by atoms with Crippen LogP contribution in [0.5, 0.6) is 0 Å². The molecule has 0 fully saturated rings. The summed E-state index contributed by atoms with van der Waals surface area (Å²) in [4.78, 5) is 0. The number of hydrogen-bond donors (Lipinski definition) is 0. The third-order valence-electron chi connectivity index (χ3n) is 0.418. The molecule has 0 aliphatic heterocycles. The molecule has 2 nitrogen and oxygen atoms in total. The van der Waals surface area contributed by atoms with Gasteiger partial charge in [0.1, 0.15) is 10.5 Å². The largest absolute Gasteiger partial charge is 0.532 e. The van der Waals surface area contributed by atoms with Crippen LogP contribution in [-0.4, -0.2) is 20.5 Å². The summed E-state index contributed by atoms with van der Waals surface area (Å²) in [5, 5.41) is 0. The van der Waals surface area contributed by atoms with Crippen molar-refractivity contribution in [2.24, 2.45) is 0 Å². The van der Waals surface area contributed by atoms with E-state index in [0.717, 1.165) is 10.5 Å². The lowest BCUT2D eigenvalue weighted by molar-refractivity contribution is 0.428. The van der Waals surface area contributed by atoms with Crippen molar-refractivity contribution < 1.29 is 8.54 Å². The minimum absolute atomic E-state index is 0.614. The van der Waals surface area contributed by atoms with Crippen LogP contribution in [0.4, 0.5) is 0 Å². The summed E-state index contributed by atoms with van der Waals surface area (Å²) in [6.45, 7) is 1.92.